The minimum atomic E-state index is -0.425. The SMILES string of the molecule is COC(=O)c1sc2nccnc2c1N=CN(C)C. The number of nitrogens with zero attached hydrogens (tertiary/aromatic N) is 4. The van der Waals surface area contributed by atoms with E-state index in [0.717, 1.165) is 0 Å². The number of carbonyl (C=O) groups excluding carboxylic acids is 1. The highest BCUT2D eigenvalue weighted by Crippen LogP contribution is 2.35. The molecule has 2 aromatic heterocycles. The van der Waals surface area contributed by atoms with E-state index in [1.807, 2.05) is 14.1 Å². The molecule has 0 atom stereocenters. The Labute approximate surface area is 108 Å². The highest BCUT2D eigenvalue weighted by atomic mass is 32.1. The fraction of sp³-hybridized carbons (Fsp3) is 0.273. The lowest BCUT2D eigenvalue weighted by Crippen LogP contribution is -2.07. The molecule has 0 aliphatic heterocycles. The van der Waals surface area contributed by atoms with Crippen LogP contribution in [0.1, 0.15) is 9.67 Å². The van der Waals surface area contributed by atoms with E-state index in [0.29, 0.717) is 20.9 Å². The summed E-state index contributed by atoms with van der Waals surface area (Å²) in [5.74, 6) is -0.425. The molecule has 0 saturated carbocycles. The van der Waals surface area contributed by atoms with Gasteiger partial charge in [-0.1, -0.05) is 0 Å². The van der Waals surface area contributed by atoms with Crippen LogP contribution in [0.3, 0.4) is 0 Å². The van der Waals surface area contributed by atoms with Crippen LogP contribution in [-0.2, 0) is 4.74 Å². The van der Waals surface area contributed by atoms with E-state index in [-0.39, 0.29) is 0 Å². The van der Waals surface area contributed by atoms with Crippen molar-refractivity contribution in [2.75, 3.05) is 21.2 Å². The monoisotopic (exact) mass is 264 g/mol. The van der Waals surface area contributed by atoms with Gasteiger partial charge in [0.2, 0.25) is 0 Å². The molecule has 0 fully saturated rings. The van der Waals surface area contributed by atoms with Gasteiger partial charge < -0.3 is 9.64 Å². The molecule has 7 heteroatoms. The van der Waals surface area contributed by atoms with Gasteiger partial charge in [-0.2, -0.15) is 0 Å². The zero-order chi connectivity index (χ0) is 13.1. The zero-order valence-electron chi connectivity index (χ0n) is 10.2. The van der Waals surface area contributed by atoms with Crippen LogP contribution in [-0.4, -0.2) is 48.4 Å². The molecule has 18 heavy (non-hydrogen) atoms. The number of aromatic nitrogens is 2. The van der Waals surface area contributed by atoms with Crippen LogP contribution < -0.4 is 0 Å². The molecule has 2 aromatic rings. The molecule has 0 bridgehead atoms. The summed E-state index contributed by atoms with van der Waals surface area (Å²) in [6.07, 6.45) is 4.77. The van der Waals surface area contributed by atoms with Gasteiger partial charge in [-0.25, -0.2) is 19.8 Å². The smallest absolute Gasteiger partial charge is 0.350 e. The molecule has 0 saturated heterocycles. The Balaban J connectivity index is 2.61. The number of methoxy groups -OCH3 is 1. The second-order valence-electron chi connectivity index (χ2n) is 3.69. The molecule has 0 unspecified atom stereocenters. The minimum absolute atomic E-state index is 0.414. The summed E-state index contributed by atoms with van der Waals surface area (Å²) in [5.41, 5.74) is 1.12. The van der Waals surface area contributed by atoms with Crippen molar-refractivity contribution in [1.82, 2.24) is 14.9 Å². The molecule has 0 radical (unpaired) electrons. The number of esters is 1. The Bertz CT molecular complexity index is 606. The zero-order valence-corrected chi connectivity index (χ0v) is 11.1. The fourth-order valence-corrected chi connectivity index (χ4v) is 2.30. The van der Waals surface area contributed by atoms with Crippen LogP contribution in [0.2, 0.25) is 0 Å². The topological polar surface area (TPSA) is 67.7 Å². The van der Waals surface area contributed by atoms with E-state index >= 15 is 0 Å². The first-order chi connectivity index (χ1) is 8.63. The van der Waals surface area contributed by atoms with Crippen molar-refractivity contribution >= 4 is 39.7 Å². The highest BCUT2D eigenvalue weighted by Gasteiger charge is 2.20. The standard InChI is InChI=1S/C11H12N4O2S/c1-15(2)6-14-7-8-10(13-5-4-12-8)18-9(7)11(16)17-3/h4-6H,1-3H3. The molecule has 0 aromatic carbocycles. The lowest BCUT2D eigenvalue weighted by molar-refractivity contribution is 0.0607. The van der Waals surface area contributed by atoms with Crippen LogP contribution in [0.15, 0.2) is 17.4 Å². The molecule has 0 aliphatic carbocycles. The maximum atomic E-state index is 11.7. The number of ether oxygens (including phenoxy) is 1. The molecule has 0 N–H and O–H groups in total. The van der Waals surface area contributed by atoms with Gasteiger partial charge in [0.05, 0.1) is 13.4 Å². The molecular formula is C11H12N4O2S. The van der Waals surface area contributed by atoms with Gasteiger partial charge in [0.15, 0.2) is 0 Å². The van der Waals surface area contributed by atoms with Crippen LogP contribution in [0.5, 0.6) is 0 Å². The molecular weight excluding hydrogens is 252 g/mol. The van der Waals surface area contributed by atoms with Gasteiger partial charge in [-0.15, -0.1) is 11.3 Å². The van der Waals surface area contributed by atoms with Crippen LogP contribution in [0.25, 0.3) is 10.3 Å². The second kappa shape index (κ2) is 5.09. The van der Waals surface area contributed by atoms with Crippen LogP contribution in [0.4, 0.5) is 5.69 Å². The van der Waals surface area contributed by atoms with E-state index in [2.05, 4.69) is 15.0 Å². The summed E-state index contributed by atoms with van der Waals surface area (Å²) in [7, 11) is 5.04. The number of hydrogen-bond donors (Lipinski definition) is 0. The highest BCUT2D eigenvalue weighted by molar-refractivity contribution is 7.21. The molecule has 2 heterocycles. The maximum absolute atomic E-state index is 11.7. The van der Waals surface area contributed by atoms with Gasteiger partial charge in [0.25, 0.3) is 0 Å². The van der Waals surface area contributed by atoms with Gasteiger partial charge in [0.1, 0.15) is 20.9 Å². The van der Waals surface area contributed by atoms with Gasteiger partial charge in [0, 0.05) is 26.5 Å². The van der Waals surface area contributed by atoms with Gasteiger partial charge in [-0.05, 0) is 0 Å². The van der Waals surface area contributed by atoms with E-state index in [4.69, 9.17) is 4.74 Å². The molecule has 0 aliphatic rings. The Kier molecular flexibility index (Phi) is 3.52. The number of thiophene rings is 1. The lowest BCUT2D eigenvalue weighted by atomic mass is 10.3. The van der Waals surface area contributed by atoms with E-state index < -0.39 is 5.97 Å². The van der Waals surface area contributed by atoms with E-state index in [9.17, 15) is 4.79 Å². The molecule has 94 valence electrons. The predicted octanol–water partition coefficient (Wildman–Crippen LogP) is 1.70. The number of fused-ring (bicyclic) bond motifs is 1. The van der Waals surface area contributed by atoms with Crippen LogP contribution in [0, 0.1) is 0 Å². The molecule has 6 nitrogen and oxygen atoms in total. The van der Waals surface area contributed by atoms with E-state index in [1.54, 1.807) is 23.6 Å². The Morgan fingerprint density at radius 1 is 1.44 bits per heavy atom. The summed E-state index contributed by atoms with van der Waals surface area (Å²) in [6, 6.07) is 0. The third-order valence-corrected chi connectivity index (χ3v) is 3.15. The lowest BCUT2D eigenvalue weighted by Gasteiger charge is -2.02. The minimum Gasteiger partial charge on any atom is -0.465 e. The van der Waals surface area contributed by atoms with Crippen molar-refractivity contribution < 1.29 is 9.53 Å². The number of aliphatic imine (C=N–C) groups is 1. The third-order valence-electron chi connectivity index (χ3n) is 2.09. The van der Waals surface area contributed by atoms with Crippen molar-refractivity contribution in [3.8, 4) is 0 Å². The predicted molar refractivity (Wildman–Crippen MR) is 70.6 cm³/mol. The Morgan fingerprint density at radius 3 is 2.83 bits per heavy atom. The first-order valence-corrected chi connectivity index (χ1v) is 5.97. The van der Waals surface area contributed by atoms with Crippen molar-refractivity contribution in [2.24, 2.45) is 4.99 Å². The molecule has 2 rings (SSSR count). The van der Waals surface area contributed by atoms with Crippen molar-refractivity contribution in [2.45, 2.75) is 0 Å². The van der Waals surface area contributed by atoms with Crippen molar-refractivity contribution in [1.29, 1.82) is 0 Å². The number of carbonyl (C=O) groups is 1. The van der Waals surface area contributed by atoms with Crippen LogP contribution >= 0.6 is 11.3 Å². The molecule has 0 amide bonds. The fourth-order valence-electron chi connectivity index (χ4n) is 1.34. The maximum Gasteiger partial charge on any atom is 0.350 e. The number of rotatable bonds is 3. The Hall–Kier alpha value is -2.02. The average Bonchev–Trinajstić information content (AvgIpc) is 2.74. The summed E-state index contributed by atoms with van der Waals surface area (Å²) in [4.78, 5) is 27.2. The van der Waals surface area contributed by atoms with Crippen molar-refractivity contribution in [3.05, 3.63) is 17.3 Å². The van der Waals surface area contributed by atoms with E-state index in [1.165, 1.54) is 18.4 Å². The van der Waals surface area contributed by atoms with Gasteiger partial charge in [-0.3, -0.25) is 0 Å². The summed E-state index contributed by atoms with van der Waals surface area (Å²) in [6.45, 7) is 0. The molecule has 0 spiro atoms. The average molecular weight is 264 g/mol. The largest absolute Gasteiger partial charge is 0.465 e. The first kappa shape index (κ1) is 12.4. The Morgan fingerprint density at radius 2 is 2.17 bits per heavy atom. The van der Waals surface area contributed by atoms with Gasteiger partial charge >= 0.3 is 5.97 Å². The van der Waals surface area contributed by atoms with Crippen molar-refractivity contribution in [3.63, 3.8) is 0 Å². The summed E-state index contributed by atoms with van der Waals surface area (Å²) >= 11 is 1.23. The second-order valence-corrected chi connectivity index (χ2v) is 4.69. The summed E-state index contributed by atoms with van der Waals surface area (Å²) < 4.78 is 4.74. The first-order valence-electron chi connectivity index (χ1n) is 5.16. The number of hydrogen-bond acceptors (Lipinski definition) is 6. The normalized spacial score (nSPS) is 11.1. The summed E-state index contributed by atoms with van der Waals surface area (Å²) in [5, 5.41) is 0. The quantitative estimate of drug-likeness (QED) is 0.479. The third kappa shape index (κ3) is 2.30.